The van der Waals surface area contributed by atoms with E-state index in [9.17, 15) is 9.59 Å². The van der Waals surface area contributed by atoms with Crippen molar-refractivity contribution in [3.8, 4) is 0 Å². The lowest BCUT2D eigenvalue weighted by Gasteiger charge is -2.23. The van der Waals surface area contributed by atoms with Gasteiger partial charge < -0.3 is 9.69 Å². The molecule has 1 amide bonds. The fourth-order valence-corrected chi connectivity index (χ4v) is 1.44. The zero-order chi connectivity index (χ0) is 11.5. The lowest BCUT2D eigenvalue weighted by molar-refractivity contribution is -0.125. The number of nitrogens with zero attached hydrogens (tertiary/aromatic N) is 1. The minimum absolute atomic E-state index is 0.280. The van der Waals surface area contributed by atoms with Crippen molar-refractivity contribution in [3.63, 3.8) is 0 Å². The first-order chi connectivity index (χ1) is 7.29. The van der Waals surface area contributed by atoms with Crippen LogP contribution in [0.25, 0.3) is 0 Å². The summed E-state index contributed by atoms with van der Waals surface area (Å²) >= 11 is 0. The van der Waals surface area contributed by atoms with E-state index >= 15 is 0 Å². The highest BCUT2D eigenvalue weighted by molar-refractivity contribution is 5.63. The molecule has 0 saturated heterocycles. The highest BCUT2D eigenvalue weighted by atomic mass is 16.1. The van der Waals surface area contributed by atoms with Crippen LogP contribution in [0.4, 0.5) is 0 Å². The Bertz CT molecular complexity index is 192. The number of aldehydes is 1. The Labute approximate surface area is 92.1 Å². The van der Waals surface area contributed by atoms with Gasteiger partial charge in [0.1, 0.15) is 6.29 Å². The molecule has 0 unspecified atom stereocenters. The molecule has 3 nitrogen and oxygen atoms in total. The van der Waals surface area contributed by atoms with E-state index < -0.39 is 0 Å². The lowest BCUT2D eigenvalue weighted by Crippen LogP contribution is -2.36. The smallest absolute Gasteiger partial charge is 0.210 e. The molecule has 0 bridgehead atoms. The van der Waals surface area contributed by atoms with Gasteiger partial charge in [0.2, 0.25) is 6.41 Å². The van der Waals surface area contributed by atoms with Gasteiger partial charge in [0, 0.05) is 6.54 Å². The summed E-state index contributed by atoms with van der Waals surface area (Å²) in [6, 6.07) is -0.280. The highest BCUT2D eigenvalue weighted by Gasteiger charge is 2.14. The fourth-order valence-electron chi connectivity index (χ4n) is 1.44. The van der Waals surface area contributed by atoms with E-state index in [-0.39, 0.29) is 6.04 Å². The third kappa shape index (κ3) is 6.05. The molecular weight excluding hydrogens is 190 g/mol. The van der Waals surface area contributed by atoms with E-state index in [1.165, 1.54) is 0 Å². The van der Waals surface area contributed by atoms with Gasteiger partial charge in [-0.3, -0.25) is 4.79 Å². The highest BCUT2D eigenvalue weighted by Crippen LogP contribution is 2.06. The van der Waals surface area contributed by atoms with E-state index in [0.29, 0.717) is 13.0 Å². The largest absolute Gasteiger partial charge is 0.336 e. The van der Waals surface area contributed by atoms with Gasteiger partial charge in [-0.2, -0.15) is 0 Å². The minimum Gasteiger partial charge on any atom is -0.336 e. The van der Waals surface area contributed by atoms with Gasteiger partial charge in [0.15, 0.2) is 0 Å². The van der Waals surface area contributed by atoms with Crippen LogP contribution in [0.2, 0.25) is 0 Å². The van der Waals surface area contributed by atoms with E-state index in [1.54, 1.807) is 11.0 Å². The molecule has 0 N–H and O–H groups in total. The van der Waals surface area contributed by atoms with Crippen molar-refractivity contribution in [1.29, 1.82) is 0 Å². The fraction of sp³-hybridized carbons (Fsp3) is 0.667. The van der Waals surface area contributed by atoms with E-state index in [4.69, 9.17) is 0 Å². The van der Waals surface area contributed by atoms with Gasteiger partial charge in [0.25, 0.3) is 0 Å². The zero-order valence-corrected chi connectivity index (χ0v) is 9.52. The van der Waals surface area contributed by atoms with Crippen LogP contribution < -0.4 is 0 Å². The molecule has 0 aliphatic heterocycles. The average molecular weight is 211 g/mol. The summed E-state index contributed by atoms with van der Waals surface area (Å²) in [5.41, 5.74) is 0. The quantitative estimate of drug-likeness (QED) is 0.315. The number of amides is 1. The third-order valence-corrected chi connectivity index (χ3v) is 2.40. The van der Waals surface area contributed by atoms with E-state index in [1.807, 2.05) is 0 Å². The van der Waals surface area contributed by atoms with Crippen molar-refractivity contribution < 1.29 is 9.59 Å². The van der Waals surface area contributed by atoms with Gasteiger partial charge in [-0.15, -0.1) is 6.58 Å². The maximum atomic E-state index is 10.8. The Kier molecular flexibility index (Phi) is 8.73. The standard InChI is InChI=1S/C12H21NO2/c1-3-5-7-9-13(11-15)12(10-14)8-6-4-2/h4,10-12H,2-3,5-9H2,1H3/t12-/m0/s1. The molecule has 0 rings (SSSR count). The lowest BCUT2D eigenvalue weighted by atomic mass is 10.1. The van der Waals surface area contributed by atoms with Crippen molar-refractivity contribution in [3.05, 3.63) is 12.7 Å². The molecule has 1 atom stereocenters. The summed E-state index contributed by atoms with van der Waals surface area (Å²) in [4.78, 5) is 23.2. The number of hydrogen-bond donors (Lipinski definition) is 0. The second kappa shape index (κ2) is 9.44. The van der Waals surface area contributed by atoms with Crippen LogP contribution in [0.15, 0.2) is 12.7 Å². The van der Waals surface area contributed by atoms with Crippen LogP contribution in [-0.2, 0) is 9.59 Å². The van der Waals surface area contributed by atoms with Gasteiger partial charge >= 0.3 is 0 Å². The monoisotopic (exact) mass is 211 g/mol. The van der Waals surface area contributed by atoms with Crippen LogP contribution in [0.1, 0.15) is 39.0 Å². The van der Waals surface area contributed by atoms with E-state index in [2.05, 4.69) is 13.5 Å². The number of allylic oxidation sites excluding steroid dienone is 1. The van der Waals surface area contributed by atoms with Crippen LogP contribution in [0.5, 0.6) is 0 Å². The Balaban J connectivity index is 4.01. The summed E-state index contributed by atoms with van der Waals surface area (Å²) in [6.07, 6.45) is 8.02. The first kappa shape index (κ1) is 13.9. The van der Waals surface area contributed by atoms with Crippen molar-refractivity contribution in [2.45, 2.75) is 45.1 Å². The average Bonchev–Trinajstić information content (AvgIpc) is 2.27. The van der Waals surface area contributed by atoms with Crippen molar-refractivity contribution in [1.82, 2.24) is 4.90 Å². The van der Waals surface area contributed by atoms with E-state index in [0.717, 1.165) is 38.4 Å². The molecule has 0 aliphatic rings. The third-order valence-electron chi connectivity index (χ3n) is 2.40. The number of hydrogen-bond acceptors (Lipinski definition) is 2. The molecule has 0 saturated carbocycles. The number of carbonyl (C=O) groups is 2. The molecule has 0 aromatic rings. The molecular formula is C12H21NO2. The summed E-state index contributed by atoms with van der Waals surface area (Å²) < 4.78 is 0. The van der Waals surface area contributed by atoms with Gasteiger partial charge in [0.05, 0.1) is 6.04 Å². The first-order valence-electron chi connectivity index (χ1n) is 5.57. The van der Waals surface area contributed by atoms with Crippen LogP contribution >= 0.6 is 0 Å². The number of unbranched alkanes of at least 4 members (excludes halogenated alkanes) is 2. The van der Waals surface area contributed by atoms with Gasteiger partial charge in [-0.1, -0.05) is 25.8 Å². The van der Waals surface area contributed by atoms with Crippen LogP contribution in [0.3, 0.4) is 0 Å². The Morgan fingerprint density at radius 2 is 2.07 bits per heavy atom. The molecule has 0 fully saturated rings. The van der Waals surface area contributed by atoms with Crippen molar-refractivity contribution >= 4 is 12.7 Å². The first-order valence-corrected chi connectivity index (χ1v) is 5.57. The maximum absolute atomic E-state index is 10.8. The SMILES string of the molecule is C=CCC[C@@H](C=O)N(C=O)CCCCC. The molecule has 0 radical (unpaired) electrons. The Hall–Kier alpha value is -1.12. The second-order valence-corrected chi connectivity index (χ2v) is 3.62. The maximum Gasteiger partial charge on any atom is 0.210 e. The summed E-state index contributed by atoms with van der Waals surface area (Å²) in [5.74, 6) is 0. The van der Waals surface area contributed by atoms with Crippen molar-refractivity contribution in [2.24, 2.45) is 0 Å². The predicted octanol–water partition coefficient (Wildman–Crippen LogP) is 2.17. The number of carbonyl (C=O) groups excluding carboxylic acids is 2. The van der Waals surface area contributed by atoms with Gasteiger partial charge in [-0.05, 0) is 19.3 Å². The Morgan fingerprint density at radius 3 is 2.53 bits per heavy atom. The van der Waals surface area contributed by atoms with Crippen LogP contribution in [0, 0.1) is 0 Å². The molecule has 0 aromatic heterocycles. The summed E-state index contributed by atoms with van der Waals surface area (Å²) in [6.45, 7) is 6.39. The molecule has 0 heterocycles. The normalized spacial score (nSPS) is 11.8. The second-order valence-electron chi connectivity index (χ2n) is 3.62. The molecule has 86 valence electrons. The summed E-state index contributed by atoms with van der Waals surface area (Å²) in [5, 5.41) is 0. The molecule has 0 spiro atoms. The van der Waals surface area contributed by atoms with Gasteiger partial charge in [-0.25, -0.2) is 0 Å². The molecule has 0 aliphatic carbocycles. The molecule has 15 heavy (non-hydrogen) atoms. The minimum atomic E-state index is -0.280. The predicted molar refractivity (Wildman–Crippen MR) is 61.6 cm³/mol. The van der Waals surface area contributed by atoms with Crippen LogP contribution in [-0.4, -0.2) is 30.2 Å². The molecule has 3 heteroatoms. The van der Waals surface area contributed by atoms with Crippen molar-refractivity contribution in [2.75, 3.05) is 6.54 Å². The number of rotatable bonds is 10. The summed E-state index contributed by atoms with van der Waals surface area (Å²) in [7, 11) is 0. The zero-order valence-electron chi connectivity index (χ0n) is 9.52. The molecule has 0 aromatic carbocycles. The Morgan fingerprint density at radius 1 is 1.33 bits per heavy atom. The topological polar surface area (TPSA) is 37.4 Å².